The first-order chi connectivity index (χ1) is 39.0. The van der Waals surface area contributed by atoms with Gasteiger partial charge in [0.15, 0.2) is 5.82 Å². The highest BCUT2D eigenvalue weighted by Gasteiger charge is 2.43. The molecule has 5 nitrogen and oxygen atoms in total. The van der Waals surface area contributed by atoms with Crippen molar-refractivity contribution in [1.82, 2.24) is 24.1 Å². The van der Waals surface area contributed by atoms with Gasteiger partial charge in [0.05, 0.1) is 22.1 Å². The zero-order valence-corrected chi connectivity index (χ0v) is 44.5. The van der Waals surface area contributed by atoms with Crippen molar-refractivity contribution in [2.45, 2.75) is 39.2 Å². The first-order valence-corrected chi connectivity index (χ1v) is 29.5. The molecule has 14 aromatic rings. The van der Waals surface area contributed by atoms with E-state index in [-0.39, 0.29) is 0 Å². The van der Waals surface area contributed by atoms with Crippen molar-refractivity contribution in [2.75, 3.05) is 0 Å². The van der Waals surface area contributed by atoms with Crippen LogP contribution in [0.5, 0.6) is 0 Å². The van der Waals surface area contributed by atoms with Crippen LogP contribution in [0.3, 0.4) is 0 Å². The van der Waals surface area contributed by atoms with E-state index in [4.69, 9.17) is 38.5 Å². The fraction of sp³-hybridized carbons (Fsp3) is 0. The lowest BCUT2D eigenvalue weighted by molar-refractivity contribution is 0.893. The van der Waals surface area contributed by atoms with E-state index in [1.807, 2.05) is 0 Å². The van der Waals surface area contributed by atoms with Crippen molar-refractivity contribution in [3.63, 3.8) is 0 Å². The maximum absolute atomic E-state index is 8.41. The number of fused-ring (bicyclic) bond motifs is 6. The van der Waals surface area contributed by atoms with Gasteiger partial charge in [-0.3, -0.25) is 9.13 Å². The third-order valence-electron chi connectivity index (χ3n) is 15.1. The standard InChI is InChI=1S/C69H46B3N5S2/c70-62-61(67-73-68(76-57-43-23-19-39-53(57)54-40-20-24-44-58(54)76)75-69(74-67)77-59-45-25-21-41-55(59)56-42-22-26-46-60(56)77)63(71)66(79(50-33-13-4-14-34-50,51-35-15-5-16-36-51)52-37-17-6-18-38-52)64(72)65(62)78(47-27-7-1-8-28-47,48-29-9-2-10-30-48)49-31-11-3-12-32-49/h1-46H. The van der Waals surface area contributed by atoms with E-state index in [0.717, 1.165) is 82.8 Å². The Morgan fingerprint density at radius 2 is 0.481 bits per heavy atom. The minimum Gasteiger partial charge on any atom is -0.278 e. The topological polar surface area (TPSA) is 48.5 Å². The predicted molar refractivity (Wildman–Crippen MR) is 330 cm³/mol. The average Bonchev–Trinajstić information content (AvgIpc) is 4.22. The molecule has 6 radical (unpaired) electrons. The van der Waals surface area contributed by atoms with Crippen LogP contribution in [0.15, 0.2) is 318 Å². The molecule has 79 heavy (non-hydrogen) atoms. The number of aromatic nitrogens is 5. The van der Waals surface area contributed by atoms with Gasteiger partial charge >= 0.3 is 0 Å². The van der Waals surface area contributed by atoms with E-state index in [1.54, 1.807) is 0 Å². The molecule has 0 bridgehead atoms. The van der Waals surface area contributed by atoms with Crippen LogP contribution in [0.2, 0.25) is 0 Å². The van der Waals surface area contributed by atoms with Gasteiger partial charge in [-0.05, 0) is 107 Å². The molecule has 0 saturated heterocycles. The molecule has 0 aliphatic heterocycles. The van der Waals surface area contributed by atoms with Crippen LogP contribution in [-0.2, 0) is 0 Å². The van der Waals surface area contributed by atoms with Crippen LogP contribution in [0.4, 0.5) is 0 Å². The smallest absolute Gasteiger partial charge is 0.240 e. The molecule has 0 saturated carbocycles. The number of hydrogen-bond donors (Lipinski definition) is 0. The summed E-state index contributed by atoms with van der Waals surface area (Å²) in [5, 5.41) is 4.27. The molecule has 14 rings (SSSR count). The molecule has 3 aromatic heterocycles. The summed E-state index contributed by atoms with van der Waals surface area (Å²) in [6.45, 7) is 0. The lowest BCUT2D eigenvalue weighted by atomic mass is 9.75. The Bertz CT molecular complexity index is 3990. The third-order valence-corrected chi connectivity index (χ3v) is 23.1. The van der Waals surface area contributed by atoms with Crippen molar-refractivity contribution in [3.8, 4) is 23.3 Å². The largest absolute Gasteiger partial charge is 0.278 e. The van der Waals surface area contributed by atoms with Crippen molar-refractivity contribution < 1.29 is 0 Å². The molecule has 0 aliphatic carbocycles. The highest BCUT2D eigenvalue weighted by Crippen LogP contribution is 2.76. The van der Waals surface area contributed by atoms with E-state index >= 15 is 0 Å². The van der Waals surface area contributed by atoms with Gasteiger partial charge in [-0.25, -0.2) is 0 Å². The molecule has 0 amide bonds. The Hall–Kier alpha value is -9.08. The summed E-state index contributed by atoms with van der Waals surface area (Å²) < 4.78 is 4.28. The maximum atomic E-state index is 8.41. The van der Waals surface area contributed by atoms with Gasteiger partial charge in [0.2, 0.25) is 11.9 Å². The molecule has 0 aliphatic rings. The molecule has 0 N–H and O–H groups in total. The molecule has 0 spiro atoms. The average molecular weight is 1040 g/mol. The molecular formula is C69H46B3N5S2. The quantitative estimate of drug-likeness (QED) is 0.121. The maximum Gasteiger partial charge on any atom is 0.240 e. The second-order valence-electron chi connectivity index (χ2n) is 19.4. The van der Waals surface area contributed by atoms with Crippen LogP contribution < -0.4 is 16.4 Å². The molecule has 10 heteroatoms. The molecule has 0 atom stereocenters. The lowest BCUT2D eigenvalue weighted by Gasteiger charge is -2.49. The summed E-state index contributed by atoms with van der Waals surface area (Å²) >= 11 is 0. The van der Waals surface area contributed by atoms with Crippen molar-refractivity contribution in [3.05, 3.63) is 279 Å². The lowest BCUT2D eigenvalue weighted by Crippen LogP contribution is -2.39. The van der Waals surface area contributed by atoms with Gasteiger partial charge in [-0.15, -0.1) is 20.1 Å². The monoisotopic (exact) mass is 1040 g/mol. The number of rotatable bonds is 11. The van der Waals surface area contributed by atoms with Crippen molar-refractivity contribution in [1.29, 1.82) is 0 Å². The van der Waals surface area contributed by atoms with Gasteiger partial charge in [0, 0.05) is 56.5 Å². The van der Waals surface area contributed by atoms with Crippen LogP contribution >= 0.6 is 20.1 Å². The van der Waals surface area contributed by atoms with E-state index < -0.39 is 20.1 Å². The summed E-state index contributed by atoms with van der Waals surface area (Å²) in [4.78, 5) is 24.7. The summed E-state index contributed by atoms with van der Waals surface area (Å²) in [5.41, 5.74) is 5.47. The highest BCUT2D eigenvalue weighted by molar-refractivity contribution is 8.35. The molecular weight excluding hydrogens is 995 g/mol. The summed E-state index contributed by atoms with van der Waals surface area (Å²) in [7, 11) is 19.7. The molecule has 0 unspecified atom stereocenters. The van der Waals surface area contributed by atoms with E-state index in [0.29, 0.717) is 39.7 Å². The summed E-state index contributed by atoms with van der Waals surface area (Å²) in [6, 6.07) is 97.6. The van der Waals surface area contributed by atoms with Gasteiger partial charge in [-0.2, -0.15) is 15.0 Å². The molecule has 3 heterocycles. The Labute approximate surface area is 466 Å². The highest BCUT2D eigenvalue weighted by atomic mass is 32.3. The van der Waals surface area contributed by atoms with Gasteiger partial charge < -0.3 is 0 Å². The predicted octanol–water partition coefficient (Wildman–Crippen LogP) is 14.8. The Balaban J connectivity index is 1.23. The Kier molecular flexibility index (Phi) is 12.1. The number of para-hydroxylation sites is 4. The van der Waals surface area contributed by atoms with Crippen LogP contribution in [0.1, 0.15) is 0 Å². The normalized spacial score (nSPS) is 12.4. The Morgan fingerprint density at radius 3 is 0.734 bits per heavy atom. The van der Waals surface area contributed by atoms with Crippen LogP contribution in [0, 0.1) is 0 Å². The number of benzene rings is 11. The van der Waals surface area contributed by atoms with Gasteiger partial charge in [-0.1, -0.05) is 198 Å². The van der Waals surface area contributed by atoms with Crippen LogP contribution in [0.25, 0.3) is 66.9 Å². The van der Waals surface area contributed by atoms with Gasteiger partial charge in [0.1, 0.15) is 23.5 Å². The molecule has 0 fully saturated rings. The summed E-state index contributed by atoms with van der Waals surface area (Å²) in [6.07, 6.45) is 0. The number of hydrogen-bond acceptors (Lipinski definition) is 3. The zero-order chi connectivity index (χ0) is 53.1. The SMILES string of the molecule is [B]c1c(-c2nc(-n3c4ccccc4c4ccccc43)nc(-n3c4ccccc4c4ccccc43)n2)c([B])c(S(c2ccccc2)(c2ccccc2)c2ccccc2)c([B])c1S(c1ccccc1)(c1ccccc1)c1ccccc1. The second-order valence-corrected chi connectivity index (χ2v) is 25.5. The van der Waals surface area contributed by atoms with Crippen LogP contribution in [-0.4, -0.2) is 47.6 Å². The molecule has 11 aromatic carbocycles. The number of nitrogens with zero attached hydrogens (tertiary/aromatic N) is 5. The zero-order valence-electron chi connectivity index (χ0n) is 42.8. The minimum atomic E-state index is -2.64. The van der Waals surface area contributed by atoms with E-state index in [9.17, 15) is 0 Å². The van der Waals surface area contributed by atoms with E-state index in [2.05, 4.69) is 288 Å². The summed E-state index contributed by atoms with van der Waals surface area (Å²) in [5.74, 6) is 1.10. The fourth-order valence-corrected chi connectivity index (χ4v) is 20.1. The third kappa shape index (κ3) is 7.50. The van der Waals surface area contributed by atoms with Crippen molar-refractivity contribution >= 4 is 104 Å². The first kappa shape index (κ1) is 48.3. The molecule has 368 valence electrons. The first-order valence-electron chi connectivity index (χ1n) is 26.2. The minimum absolute atomic E-state index is 0.297. The second kappa shape index (κ2) is 19.7. The Morgan fingerprint density at radius 1 is 0.253 bits per heavy atom. The van der Waals surface area contributed by atoms with Crippen molar-refractivity contribution in [2.24, 2.45) is 0 Å². The fourth-order valence-electron chi connectivity index (χ4n) is 11.9. The van der Waals surface area contributed by atoms with Gasteiger partial charge in [0.25, 0.3) is 0 Å². The van der Waals surface area contributed by atoms with E-state index in [1.165, 1.54) is 0 Å².